The van der Waals surface area contributed by atoms with Crippen LogP contribution in [0.15, 0.2) is 30.5 Å². The van der Waals surface area contributed by atoms with Crippen molar-refractivity contribution in [1.82, 2.24) is 4.98 Å². The number of hydrogen-bond acceptors (Lipinski definition) is 3. The highest BCUT2D eigenvalue weighted by molar-refractivity contribution is 5.97. The summed E-state index contributed by atoms with van der Waals surface area (Å²) < 4.78 is 0. The molecule has 2 unspecified atom stereocenters. The Hall–Kier alpha value is -1.77. The quantitative estimate of drug-likeness (QED) is 0.848. The van der Waals surface area contributed by atoms with Gasteiger partial charge in [-0.3, -0.25) is 4.98 Å². The van der Waals surface area contributed by atoms with Gasteiger partial charge in [-0.25, -0.2) is 0 Å². The molecule has 1 fully saturated rings. The summed E-state index contributed by atoms with van der Waals surface area (Å²) in [5.74, 6) is 0.806. The summed E-state index contributed by atoms with van der Waals surface area (Å²) in [6.07, 6.45) is 4.26. The number of para-hydroxylation sites is 1. The predicted molar refractivity (Wildman–Crippen MR) is 81.4 cm³/mol. The van der Waals surface area contributed by atoms with Crippen molar-refractivity contribution in [2.75, 3.05) is 17.2 Å². The zero-order chi connectivity index (χ0) is 13.4. The Morgan fingerprint density at radius 1 is 1.26 bits per heavy atom. The number of pyridine rings is 1. The Morgan fingerprint density at radius 2 is 2.05 bits per heavy atom. The third kappa shape index (κ3) is 2.14. The van der Waals surface area contributed by atoms with Crippen molar-refractivity contribution in [2.45, 2.75) is 32.7 Å². The van der Waals surface area contributed by atoms with Crippen LogP contribution >= 0.6 is 0 Å². The van der Waals surface area contributed by atoms with Gasteiger partial charge >= 0.3 is 0 Å². The maximum atomic E-state index is 6.21. The third-order valence-corrected chi connectivity index (χ3v) is 4.20. The number of hydrogen-bond donors (Lipinski definition) is 1. The highest BCUT2D eigenvalue weighted by Gasteiger charge is 2.25. The minimum absolute atomic E-state index is 0.539. The molecule has 1 aliphatic heterocycles. The van der Waals surface area contributed by atoms with E-state index in [4.69, 9.17) is 5.73 Å². The van der Waals surface area contributed by atoms with E-state index in [1.54, 1.807) is 6.20 Å². The average Bonchev–Trinajstić information content (AvgIpc) is 2.40. The van der Waals surface area contributed by atoms with Crippen molar-refractivity contribution in [1.29, 1.82) is 0 Å². The summed E-state index contributed by atoms with van der Waals surface area (Å²) in [7, 11) is 0. The average molecular weight is 255 g/mol. The molecule has 2 heterocycles. The Morgan fingerprint density at radius 3 is 2.84 bits per heavy atom. The molecule has 0 spiro atoms. The zero-order valence-electron chi connectivity index (χ0n) is 11.6. The maximum Gasteiger partial charge on any atom is 0.0745 e. The molecular weight excluding hydrogens is 234 g/mol. The second kappa shape index (κ2) is 4.72. The van der Waals surface area contributed by atoms with Crippen LogP contribution in [0.3, 0.4) is 0 Å². The zero-order valence-corrected chi connectivity index (χ0v) is 11.6. The Kier molecular flexibility index (Phi) is 3.05. The molecular formula is C16H21N3. The molecule has 2 N–H and O–H groups in total. The van der Waals surface area contributed by atoms with Crippen molar-refractivity contribution < 1.29 is 0 Å². The van der Waals surface area contributed by atoms with Gasteiger partial charge in [-0.05, 0) is 31.7 Å². The van der Waals surface area contributed by atoms with E-state index in [1.165, 1.54) is 23.9 Å². The van der Waals surface area contributed by atoms with Gasteiger partial charge in [-0.15, -0.1) is 0 Å². The van der Waals surface area contributed by atoms with E-state index in [9.17, 15) is 0 Å². The number of fused-ring (bicyclic) bond motifs is 1. The van der Waals surface area contributed by atoms with Gasteiger partial charge in [0, 0.05) is 18.0 Å². The molecule has 1 aromatic carbocycles. The fourth-order valence-corrected chi connectivity index (χ4v) is 3.20. The van der Waals surface area contributed by atoms with E-state index in [1.807, 2.05) is 6.07 Å². The first kappa shape index (κ1) is 12.3. The molecule has 0 aliphatic carbocycles. The molecule has 19 heavy (non-hydrogen) atoms. The van der Waals surface area contributed by atoms with Crippen molar-refractivity contribution in [3.8, 4) is 0 Å². The smallest absolute Gasteiger partial charge is 0.0745 e. The highest BCUT2D eigenvalue weighted by Crippen LogP contribution is 2.36. The lowest BCUT2D eigenvalue weighted by molar-refractivity contribution is 0.378. The lowest BCUT2D eigenvalue weighted by Gasteiger charge is -2.39. The molecule has 1 aromatic heterocycles. The summed E-state index contributed by atoms with van der Waals surface area (Å²) in [6, 6.07) is 8.80. The standard InChI is InChI=1S/C16H21N3/c1-11-7-8-19(12(2)9-11)16-13-5-3-4-6-15(13)18-10-14(16)17/h3-6,10-12H,7-9,17H2,1-2H3. The number of nitrogen functional groups attached to an aromatic ring is 1. The van der Waals surface area contributed by atoms with Gasteiger partial charge in [0.1, 0.15) is 0 Å². The Balaban J connectivity index is 2.11. The van der Waals surface area contributed by atoms with Crippen molar-refractivity contribution in [2.24, 2.45) is 5.92 Å². The number of nitrogens with two attached hydrogens (primary N) is 1. The van der Waals surface area contributed by atoms with Crippen LogP contribution in [0, 0.1) is 5.92 Å². The number of anilines is 2. The molecule has 0 bridgehead atoms. The molecule has 0 amide bonds. The van der Waals surface area contributed by atoms with Gasteiger partial charge in [-0.2, -0.15) is 0 Å². The molecule has 1 aliphatic rings. The van der Waals surface area contributed by atoms with Crippen LogP contribution in [0.1, 0.15) is 26.7 Å². The number of piperidine rings is 1. The van der Waals surface area contributed by atoms with Crippen LogP contribution in [0.5, 0.6) is 0 Å². The largest absolute Gasteiger partial charge is 0.396 e. The fourth-order valence-electron chi connectivity index (χ4n) is 3.20. The summed E-state index contributed by atoms with van der Waals surface area (Å²) >= 11 is 0. The summed E-state index contributed by atoms with van der Waals surface area (Å²) in [6.45, 7) is 5.71. The molecule has 3 heteroatoms. The number of rotatable bonds is 1. The van der Waals surface area contributed by atoms with Crippen LogP contribution < -0.4 is 10.6 Å². The SMILES string of the molecule is CC1CCN(c2c(N)cnc3ccccc23)C(C)C1. The molecule has 100 valence electrons. The molecule has 2 atom stereocenters. The van der Waals surface area contributed by atoms with Crippen molar-refractivity contribution in [3.05, 3.63) is 30.5 Å². The molecule has 1 saturated heterocycles. The maximum absolute atomic E-state index is 6.21. The Bertz CT molecular complexity index is 594. The molecule has 2 aromatic rings. The van der Waals surface area contributed by atoms with E-state index in [0.717, 1.165) is 23.7 Å². The van der Waals surface area contributed by atoms with Crippen LogP contribution in [0.2, 0.25) is 0 Å². The highest BCUT2D eigenvalue weighted by atomic mass is 15.2. The van der Waals surface area contributed by atoms with E-state index in [2.05, 4.69) is 41.9 Å². The normalized spacial score (nSPS) is 23.8. The van der Waals surface area contributed by atoms with Gasteiger partial charge in [0.15, 0.2) is 0 Å². The summed E-state index contributed by atoms with van der Waals surface area (Å²) in [5, 5.41) is 1.17. The Labute approximate surface area is 114 Å². The minimum atomic E-state index is 0.539. The van der Waals surface area contributed by atoms with Crippen LogP contribution in [-0.4, -0.2) is 17.6 Å². The van der Waals surface area contributed by atoms with Crippen LogP contribution in [-0.2, 0) is 0 Å². The lowest BCUT2D eigenvalue weighted by atomic mass is 9.92. The first-order valence-corrected chi connectivity index (χ1v) is 7.06. The van der Waals surface area contributed by atoms with Crippen LogP contribution in [0.4, 0.5) is 11.4 Å². The fraction of sp³-hybridized carbons (Fsp3) is 0.438. The molecule has 0 radical (unpaired) electrons. The van der Waals surface area contributed by atoms with Gasteiger partial charge in [0.05, 0.1) is 23.1 Å². The van der Waals surface area contributed by atoms with Gasteiger partial charge in [0.2, 0.25) is 0 Å². The van der Waals surface area contributed by atoms with E-state index in [-0.39, 0.29) is 0 Å². The first-order chi connectivity index (χ1) is 9.16. The van der Waals surface area contributed by atoms with Gasteiger partial charge in [0.25, 0.3) is 0 Å². The topological polar surface area (TPSA) is 42.1 Å². The van der Waals surface area contributed by atoms with Gasteiger partial charge < -0.3 is 10.6 Å². The third-order valence-electron chi connectivity index (χ3n) is 4.20. The summed E-state index contributed by atoms with van der Waals surface area (Å²) in [5.41, 5.74) is 9.20. The van der Waals surface area contributed by atoms with E-state index in [0.29, 0.717) is 6.04 Å². The number of aromatic nitrogens is 1. The van der Waals surface area contributed by atoms with Crippen LogP contribution in [0.25, 0.3) is 10.9 Å². The number of nitrogens with zero attached hydrogens (tertiary/aromatic N) is 2. The molecule has 0 saturated carbocycles. The van der Waals surface area contributed by atoms with Crippen molar-refractivity contribution in [3.63, 3.8) is 0 Å². The molecule has 3 nitrogen and oxygen atoms in total. The van der Waals surface area contributed by atoms with E-state index < -0.39 is 0 Å². The first-order valence-electron chi connectivity index (χ1n) is 7.06. The number of benzene rings is 1. The lowest BCUT2D eigenvalue weighted by Crippen LogP contribution is -2.40. The van der Waals surface area contributed by atoms with E-state index >= 15 is 0 Å². The molecule has 3 rings (SSSR count). The van der Waals surface area contributed by atoms with Crippen molar-refractivity contribution >= 4 is 22.3 Å². The second-order valence-electron chi connectivity index (χ2n) is 5.75. The second-order valence-corrected chi connectivity index (χ2v) is 5.75. The predicted octanol–water partition coefficient (Wildman–Crippen LogP) is 3.44. The summed E-state index contributed by atoms with van der Waals surface area (Å²) in [4.78, 5) is 6.88. The minimum Gasteiger partial charge on any atom is -0.396 e. The monoisotopic (exact) mass is 255 g/mol. The van der Waals surface area contributed by atoms with Gasteiger partial charge in [-0.1, -0.05) is 25.1 Å².